The summed E-state index contributed by atoms with van der Waals surface area (Å²) in [5, 5.41) is 5.07. The van der Waals surface area contributed by atoms with Crippen LogP contribution in [-0.4, -0.2) is 0 Å². The van der Waals surface area contributed by atoms with E-state index in [2.05, 4.69) is 243 Å². The normalized spacial score (nSPS) is 14.0. The maximum atomic E-state index is 2.42. The highest BCUT2D eigenvalue weighted by molar-refractivity contribution is 6.21. The van der Waals surface area contributed by atoms with Crippen LogP contribution < -0.4 is 4.90 Å². The molecule has 0 saturated heterocycles. The molecule has 2 aliphatic rings. The van der Waals surface area contributed by atoms with Crippen molar-refractivity contribution in [3.63, 3.8) is 0 Å². The monoisotopic (exact) mass is 777 g/mol. The maximum absolute atomic E-state index is 2.42. The zero-order valence-electron chi connectivity index (χ0n) is 34.3. The molecule has 0 radical (unpaired) electrons. The average Bonchev–Trinajstić information content (AvgIpc) is 3.76. The van der Waals surface area contributed by atoms with Gasteiger partial charge in [-0.1, -0.05) is 202 Å². The van der Waals surface area contributed by atoms with E-state index in [1.165, 1.54) is 88.3 Å². The summed E-state index contributed by atoms with van der Waals surface area (Å²) in [6.45, 7) is 4.78. The number of para-hydroxylation sites is 2. The van der Waals surface area contributed by atoms with Gasteiger partial charge in [-0.05, 0) is 125 Å². The first kappa shape index (κ1) is 35.5. The van der Waals surface area contributed by atoms with Gasteiger partial charge in [-0.2, -0.15) is 0 Å². The minimum atomic E-state index is -0.518. The zero-order valence-corrected chi connectivity index (χ0v) is 34.3. The van der Waals surface area contributed by atoms with E-state index in [-0.39, 0.29) is 5.41 Å². The Morgan fingerprint density at radius 2 is 0.623 bits per heavy atom. The highest BCUT2D eigenvalue weighted by atomic mass is 15.1. The van der Waals surface area contributed by atoms with Gasteiger partial charge in [0.1, 0.15) is 0 Å². The van der Waals surface area contributed by atoms with Crippen molar-refractivity contribution in [2.24, 2.45) is 0 Å². The third-order valence-corrected chi connectivity index (χ3v) is 13.7. The fourth-order valence-electron chi connectivity index (χ4n) is 11.1. The van der Waals surface area contributed by atoms with E-state index in [0.717, 1.165) is 17.1 Å². The minimum absolute atomic E-state index is 0.0730. The van der Waals surface area contributed by atoms with E-state index < -0.39 is 5.41 Å². The molecule has 0 bridgehead atoms. The third kappa shape index (κ3) is 5.08. The number of benzene rings is 10. The lowest BCUT2D eigenvalue weighted by Gasteiger charge is -2.36. The Labute approximate surface area is 357 Å². The number of fused-ring (bicyclic) bond motifs is 2. The van der Waals surface area contributed by atoms with Gasteiger partial charge in [0, 0.05) is 22.5 Å². The van der Waals surface area contributed by atoms with Gasteiger partial charge in [-0.25, -0.2) is 0 Å². The Morgan fingerprint density at radius 3 is 1.07 bits per heavy atom. The van der Waals surface area contributed by atoms with Gasteiger partial charge in [0.05, 0.1) is 5.41 Å². The molecule has 0 aliphatic heterocycles. The Bertz CT molecular complexity index is 3140. The summed E-state index contributed by atoms with van der Waals surface area (Å²) in [6.07, 6.45) is 0. The minimum Gasteiger partial charge on any atom is -0.311 e. The fraction of sp³-hybridized carbons (Fsp3) is 0.0667. The molecule has 0 amide bonds. The van der Waals surface area contributed by atoms with Gasteiger partial charge in [0.25, 0.3) is 0 Å². The van der Waals surface area contributed by atoms with Crippen LogP contribution in [0.25, 0.3) is 54.9 Å². The van der Waals surface area contributed by atoms with Gasteiger partial charge >= 0.3 is 0 Å². The first-order valence-corrected chi connectivity index (χ1v) is 21.4. The number of hydrogen-bond acceptors (Lipinski definition) is 1. The van der Waals surface area contributed by atoms with Crippen molar-refractivity contribution in [2.75, 3.05) is 4.90 Å². The summed E-state index contributed by atoms with van der Waals surface area (Å²) in [4.78, 5) is 2.35. The molecule has 1 nitrogen and oxygen atoms in total. The molecule has 288 valence electrons. The van der Waals surface area contributed by atoms with Crippen molar-refractivity contribution in [1.29, 1.82) is 0 Å². The summed E-state index contributed by atoms with van der Waals surface area (Å²) in [5.74, 6) is 0. The lowest BCUT2D eigenvalue weighted by atomic mass is 9.65. The molecule has 1 heteroatoms. The highest BCUT2D eigenvalue weighted by Gasteiger charge is 2.52. The molecule has 0 N–H and O–H groups in total. The van der Waals surface area contributed by atoms with Crippen LogP contribution in [0.15, 0.2) is 224 Å². The molecule has 0 aromatic heterocycles. The largest absolute Gasteiger partial charge is 0.311 e. The lowest BCUT2D eigenvalue weighted by molar-refractivity contribution is 0.652. The third-order valence-electron chi connectivity index (χ3n) is 13.7. The molecule has 2 aliphatic carbocycles. The summed E-state index contributed by atoms with van der Waals surface area (Å²) in [7, 11) is 0. The maximum Gasteiger partial charge on any atom is 0.0713 e. The van der Waals surface area contributed by atoms with E-state index in [0.29, 0.717) is 0 Å². The van der Waals surface area contributed by atoms with Crippen LogP contribution in [0.2, 0.25) is 0 Å². The van der Waals surface area contributed by atoms with Gasteiger partial charge in [0.15, 0.2) is 0 Å². The Balaban J connectivity index is 1.08. The SMILES string of the molecule is CC1(C)c2cccc3c2-c2c1cccc2C3(c1ccc(-c2c3ccccc3c(-c3ccccc3)c3ccccc23)cc1)c1ccc(N(c2ccccc2)c2ccccc2)cc1. The van der Waals surface area contributed by atoms with Crippen LogP contribution in [0.4, 0.5) is 17.1 Å². The van der Waals surface area contributed by atoms with Crippen molar-refractivity contribution < 1.29 is 0 Å². The molecular weight excluding hydrogens is 735 g/mol. The number of anilines is 3. The topological polar surface area (TPSA) is 3.24 Å². The second kappa shape index (κ2) is 13.5. The van der Waals surface area contributed by atoms with Crippen LogP contribution in [0.3, 0.4) is 0 Å². The summed E-state index contributed by atoms with van der Waals surface area (Å²) >= 11 is 0. The number of rotatable bonds is 7. The molecule has 10 aromatic carbocycles. The Hall–Kier alpha value is -7.48. The Kier molecular flexibility index (Phi) is 7.86. The number of hydrogen-bond donors (Lipinski definition) is 0. The first-order valence-electron chi connectivity index (χ1n) is 21.4. The average molecular weight is 778 g/mol. The molecule has 10 aromatic rings. The highest BCUT2D eigenvalue weighted by Crippen LogP contribution is 2.64. The van der Waals surface area contributed by atoms with Crippen molar-refractivity contribution in [3.8, 4) is 33.4 Å². The molecule has 0 spiro atoms. The molecule has 0 saturated carbocycles. The van der Waals surface area contributed by atoms with Crippen LogP contribution in [0, 0.1) is 0 Å². The predicted molar refractivity (Wildman–Crippen MR) is 256 cm³/mol. The van der Waals surface area contributed by atoms with Crippen LogP contribution in [0.5, 0.6) is 0 Å². The predicted octanol–water partition coefficient (Wildman–Crippen LogP) is 15.8. The van der Waals surface area contributed by atoms with E-state index in [1.54, 1.807) is 0 Å². The first-order chi connectivity index (χ1) is 30.0. The Morgan fingerprint density at radius 1 is 0.279 bits per heavy atom. The molecule has 0 unspecified atom stereocenters. The van der Waals surface area contributed by atoms with E-state index in [1.807, 2.05) is 0 Å². The van der Waals surface area contributed by atoms with Gasteiger partial charge in [0.2, 0.25) is 0 Å². The second-order valence-electron chi connectivity index (χ2n) is 17.2. The fourth-order valence-corrected chi connectivity index (χ4v) is 11.1. The molecule has 0 fully saturated rings. The van der Waals surface area contributed by atoms with Crippen molar-refractivity contribution >= 4 is 38.6 Å². The van der Waals surface area contributed by atoms with Gasteiger partial charge < -0.3 is 4.90 Å². The van der Waals surface area contributed by atoms with Crippen LogP contribution in [-0.2, 0) is 10.8 Å². The van der Waals surface area contributed by atoms with Crippen LogP contribution in [0.1, 0.15) is 47.2 Å². The second-order valence-corrected chi connectivity index (χ2v) is 17.2. The smallest absolute Gasteiger partial charge is 0.0713 e. The molecule has 12 rings (SSSR count). The molecule has 61 heavy (non-hydrogen) atoms. The lowest BCUT2D eigenvalue weighted by Crippen LogP contribution is -2.30. The molecule has 0 heterocycles. The zero-order chi connectivity index (χ0) is 40.7. The number of nitrogens with zero attached hydrogens (tertiary/aromatic N) is 1. The van der Waals surface area contributed by atoms with E-state index >= 15 is 0 Å². The quantitative estimate of drug-likeness (QED) is 0.146. The summed E-state index contributed by atoms with van der Waals surface area (Å²) in [5.41, 5.74) is 18.7. The van der Waals surface area contributed by atoms with Gasteiger partial charge in [-0.15, -0.1) is 0 Å². The molecular formula is C60H43N. The standard InChI is InChI=1S/C60H43N/c1-59(2)51-28-16-30-53-57(51)58-52(59)29-17-31-54(58)60(53,43-36-38-46(39-37-43)61(44-20-8-4-9-21-44)45-22-10-5-11-23-45)42-34-32-41(33-35-42)56-49-26-14-12-24-47(49)55(40-18-6-3-7-19-40)48-25-13-15-27-50(48)56/h3-39H,1-2H3. The van der Waals surface area contributed by atoms with E-state index in [9.17, 15) is 0 Å². The van der Waals surface area contributed by atoms with Gasteiger partial charge in [-0.3, -0.25) is 0 Å². The summed E-state index contributed by atoms with van der Waals surface area (Å²) < 4.78 is 0. The van der Waals surface area contributed by atoms with E-state index in [4.69, 9.17) is 0 Å². The van der Waals surface area contributed by atoms with Crippen molar-refractivity contribution in [3.05, 3.63) is 258 Å². The van der Waals surface area contributed by atoms with Crippen molar-refractivity contribution in [2.45, 2.75) is 24.7 Å². The van der Waals surface area contributed by atoms with Crippen molar-refractivity contribution in [1.82, 2.24) is 0 Å². The van der Waals surface area contributed by atoms with Crippen LogP contribution >= 0.6 is 0 Å². The summed E-state index contributed by atoms with van der Waals surface area (Å²) in [6, 6.07) is 83.2. The molecule has 0 atom stereocenters.